The Kier molecular flexibility index (Phi) is 9.68. The average molecular weight is 708 g/mol. The van der Waals surface area contributed by atoms with Crippen LogP contribution in [0.2, 0.25) is 0 Å². The summed E-state index contributed by atoms with van der Waals surface area (Å²) in [6, 6.07) is 14.3. The summed E-state index contributed by atoms with van der Waals surface area (Å²) in [5.74, 6) is 4.88. The highest BCUT2D eigenvalue weighted by Gasteiger charge is 2.26. The van der Waals surface area contributed by atoms with Gasteiger partial charge in [0.25, 0.3) is 5.91 Å². The van der Waals surface area contributed by atoms with Gasteiger partial charge < -0.3 is 10.6 Å². The number of hydrogen-bond acceptors (Lipinski definition) is 8. The lowest BCUT2D eigenvalue weighted by Gasteiger charge is -2.33. The van der Waals surface area contributed by atoms with Crippen LogP contribution in [-0.4, -0.2) is 75.1 Å². The van der Waals surface area contributed by atoms with Gasteiger partial charge in [0, 0.05) is 63.4 Å². The van der Waals surface area contributed by atoms with Gasteiger partial charge in [-0.15, -0.1) is 0 Å². The fourth-order valence-electron chi connectivity index (χ4n) is 5.91. The molecule has 6 rings (SSSR count). The van der Waals surface area contributed by atoms with E-state index in [0.717, 1.165) is 16.9 Å². The fourth-order valence-corrected chi connectivity index (χ4v) is 6.74. The summed E-state index contributed by atoms with van der Waals surface area (Å²) in [6.45, 7) is 7.63. The lowest BCUT2D eigenvalue weighted by Crippen LogP contribution is -2.47. The average Bonchev–Trinajstić information content (AvgIpc) is 3.70. The number of imidazole rings is 1. The summed E-state index contributed by atoms with van der Waals surface area (Å²) in [5, 5.41) is 20.2. The highest BCUT2D eigenvalue weighted by Crippen LogP contribution is 2.29. The highest BCUT2D eigenvalue weighted by atomic mass is 32.2. The number of carbonyl (C=O) groups excluding carboxylic acids is 1. The van der Waals surface area contributed by atoms with Gasteiger partial charge in [-0.25, -0.2) is 17.8 Å². The first-order valence-electron chi connectivity index (χ1n) is 16.3. The van der Waals surface area contributed by atoms with Crippen LogP contribution in [0, 0.1) is 35.9 Å². The number of halogens is 1. The van der Waals surface area contributed by atoms with E-state index in [0.29, 0.717) is 66.4 Å². The number of anilines is 3. The van der Waals surface area contributed by atoms with Crippen LogP contribution in [0.4, 0.5) is 21.5 Å². The summed E-state index contributed by atoms with van der Waals surface area (Å²) < 4.78 is 44.2. The number of rotatable bonds is 8. The van der Waals surface area contributed by atoms with Crippen molar-refractivity contribution in [2.45, 2.75) is 32.7 Å². The molecule has 0 radical (unpaired) electrons. The maximum absolute atomic E-state index is 15.3. The van der Waals surface area contributed by atoms with Gasteiger partial charge in [-0.1, -0.05) is 12.0 Å². The number of sulfonamides is 1. The van der Waals surface area contributed by atoms with E-state index in [2.05, 4.69) is 43.5 Å². The van der Waals surface area contributed by atoms with E-state index < -0.39 is 27.2 Å². The van der Waals surface area contributed by atoms with Crippen LogP contribution >= 0.6 is 0 Å². The number of piperazine rings is 1. The highest BCUT2D eigenvalue weighted by molar-refractivity contribution is 7.88. The molecule has 12 nitrogen and oxygen atoms in total. The lowest BCUT2D eigenvalue weighted by atomic mass is 9.85. The Morgan fingerprint density at radius 1 is 1.06 bits per heavy atom. The van der Waals surface area contributed by atoms with Crippen molar-refractivity contribution in [3.8, 4) is 17.9 Å². The largest absolute Gasteiger partial charge is 0.350 e. The number of aryl methyl sites for hydroxylation is 2. The van der Waals surface area contributed by atoms with Crippen molar-refractivity contribution in [1.29, 1.82) is 5.26 Å². The maximum atomic E-state index is 15.3. The molecule has 262 valence electrons. The molecule has 1 fully saturated rings. The Labute approximate surface area is 296 Å². The molecule has 5 aromatic rings. The van der Waals surface area contributed by atoms with Crippen molar-refractivity contribution >= 4 is 38.6 Å². The topological polar surface area (TPSA) is 141 Å². The van der Waals surface area contributed by atoms with Crippen molar-refractivity contribution in [1.82, 2.24) is 28.4 Å². The van der Waals surface area contributed by atoms with E-state index in [1.54, 1.807) is 50.0 Å². The first kappa shape index (κ1) is 35.3. The molecule has 1 saturated heterocycles. The van der Waals surface area contributed by atoms with Crippen molar-refractivity contribution in [3.05, 3.63) is 107 Å². The molecular weight excluding hydrogens is 670 g/mol. The summed E-state index contributed by atoms with van der Waals surface area (Å²) in [4.78, 5) is 20.3. The third-order valence-corrected chi connectivity index (χ3v) is 10.2. The number of pyridine rings is 1. The Morgan fingerprint density at radius 3 is 2.51 bits per heavy atom. The normalized spacial score (nSPS) is 14.1. The van der Waals surface area contributed by atoms with Gasteiger partial charge in [-0.3, -0.25) is 18.8 Å². The third kappa shape index (κ3) is 7.94. The van der Waals surface area contributed by atoms with Gasteiger partial charge in [-0.05, 0) is 79.8 Å². The van der Waals surface area contributed by atoms with E-state index in [-0.39, 0.29) is 5.56 Å². The van der Waals surface area contributed by atoms with E-state index >= 15 is 4.39 Å². The van der Waals surface area contributed by atoms with E-state index in [1.165, 1.54) is 22.7 Å². The van der Waals surface area contributed by atoms with E-state index in [4.69, 9.17) is 0 Å². The van der Waals surface area contributed by atoms with Gasteiger partial charge >= 0.3 is 0 Å². The Hall–Kier alpha value is -5.54. The molecule has 51 heavy (non-hydrogen) atoms. The number of hydrogen-bond donors (Lipinski definition) is 2. The minimum Gasteiger partial charge on any atom is -0.350 e. The van der Waals surface area contributed by atoms with Crippen molar-refractivity contribution < 1.29 is 17.6 Å². The van der Waals surface area contributed by atoms with Gasteiger partial charge in [0.05, 0.1) is 47.1 Å². The number of aromatic nitrogens is 4. The fraction of sp³-hybridized carbons (Fsp3) is 0.297. The van der Waals surface area contributed by atoms with Crippen LogP contribution in [0.5, 0.6) is 0 Å². The molecular formula is C37H38FN9O3S. The second-order valence-corrected chi connectivity index (χ2v) is 15.2. The van der Waals surface area contributed by atoms with Crippen LogP contribution < -0.4 is 10.6 Å². The lowest BCUT2D eigenvalue weighted by molar-refractivity contribution is 0.102. The van der Waals surface area contributed by atoms with E-state index in [1.807, 2.05) is 42.0 Å². The molecule has 14 heteroatoms. The van der Waals surface area contributed by atoms with Crippen LogP contribution in [-0.2, 0) is 29.0 Å². The maximum Gasteiger partial charge on any atom is 0.258 e. The Balaban J connectivity index is 1.24. The molecule has 1 amide bonds. The number of benzene rings is 2. The molecule has 2 N–H and O–H groups in total. The van der Waals surface area contributed by atoms with Crippen molar-refractivity contribution in [2.75, 3.05) is 43.1 Å². The molecule has 1 aliphatic rings. The first-order valence-corrected chi connectivity index (χ1v) is 18.1. The number of amides is 1. The number of nitriles is 1. The van der Waals surface area contributed by atoms with E-state index in [9.17, 15) is 18.5 Å². The van der Waals surface area contributed by atoms with Crippen molar-refractivity contribution in [2.24, 2.45) is 7.05 Å². The Bertz CT molecular complexity index is 2360. The Morgan fingerprint density at radius 2 is 1.82 bits per heavy atom. The molecule has 0 saturated carbocycles. The number of fused-ring (bicyclic) bond motifs is 1. The molecule has 2 aromatic carbocycles. The summed E-state index contributed by atoms with van der Waals surface area (Å²) >= 11 is 0. The first-order chi connectivity index (χ1) is 24.2. The van der Waals surface area contributed by atoms with Crippen LogP contribution in [0.3, 0.4) is 0 Å². The summed E-state index contributed by atoms with van der Waals surface area (Å²) in [6.07, 6.45) is 8.28. The third-order valence-electron chi connectivity index (χ3n) is 8.86. The number of nitrogens with one attached hydrogen (secondary N) is 2. The standard InChI is InChI=1S/C37H38FN9O3S/c1-25-15-33(38)32(18-27(25)8-9-31-21-40-35-34(7-6-10-47(31)35)42-30-20-41-44(4)23-30)36(48)43-29-17-26(16-28(19-29)37(2,3)24-39)22-45-11-13-46(14-12-45)51(5,49)50/h6-7,10,15-21,23,42H,11-14,22H2,1-5H3,(H,43,48). The molecule has 4 heterocycles. The molecule has 1 aliphatic heterocycles. The zero-order chi connectivity index (χ0) is 36.5. The molecule has 0 aliphatic carbocycles. The van der Waals surface area contributed by atoms with Gasteiger partial charge in [0.1, 0.15) is 11.5 Å². The molecule has 3 aromatic heterocycles. The zero-order valence-corrected chi connectivity index (χ0v) is 29.8. The second-order valence-electron chi connectivity index (χ2n) is 13.2. The SMILES string of the molecule is Cc1cc(F)c(C(=O)Nc2cc(CN3CCN(S(C)(=O)=O)CC3)cc(C(C)(C)C#N)c2)cc1C#Cc1cnc2c(Nc3cnn(C)c3)cccn12. The summed E-state index contributed by atoms with van der Waals surface area (Å²) in [5.41, 5.74) is 4.82. The predicted octanol–water partition coefficient (Wildman–Crippen LogP) is 4.79. The van der Waals surface area contributed by atoms with Gasteiger partial charge in [0.15, 0.2) is 5.65 Å². The zero-order valence-electron chi connectivity index (χ0n) is 29.0. The molecule has 0 spiro atoms. The minimum atomic E-state index is -3.27. The smallest absolute Gasteiger partial charge is 0.258 e. The molecule has 0 atom stereocenters. The monoisotopic (exact) mass is 707 g/mol. The number of nitrogens with zero attached hydrogens (tertiary/aromatic N) is 7. The summed E-state index contributed by atoms with van der Waals surface area (Å²) in [7, 11) is -1.43. The van der Waals surface area contributed by atoms with Crippen LogP contribution in [0.1, 0.15) is 52.2 Å². The molecule has 0 unspecified atom stereocenters. The van der Waals surface area contributed by atoms with Crippen molar-refractivity contribution in [3.63, 3.8) is 0 Å². The molecule has 0 bridgehead atoms. The minimum absolute atomic E-state index is 0.172. The van der Waals surface area contributed by atoms with Crippen LogP contribution in [0.25, 0.3) is 5.65 Å². The van der Waals surface area contributed by atoms with Gasteiger partial charge in [0.2, 0.25) is 10.0 Å². The van der Waals surface area contributed by atoms with Gasteiger partial charge in [-0.2, -0.15) is 14.7 Å². The second kappa shape index (κ2) is 14.0. The van der Waals surface area contributed by atoms with Crippen LogP contribution in [0.15, 0.2) is 67.3 Å². The predicted molar refractivity (Wildman–Crippen MR) is 194 cm³/mol. The number of carbonyl (C=O) groups is 1. The quantitative estimate of drug-likeness (QED) is 0.220.